The number of aliphatic hydroxyl groups is 1. The van der Waals surface area contributed by atoms with Crippen molar-refractivity contribution in [2.75, 3.05) is 19.8 Å². The van der Waals surface area contributed by atoms with Gasteiger partial charge in [0.15, 0.2) is 61.3 Å². The smallest absolute Gasteiger partial charge is 0.338 e. The lowest BCUT2D eigenvalue weighted by atomic mass is 9.97. The fraction of sp³-hybridized carbons (Fsp3) is 0.306. The maximum absolute atomic E-state index is 14.5. The number of ether oxygens (including phenoxy) is 15. The summed E-state index contributed by atoms with van der Waals surface area (Å²) in [4.78, 5) is 112. The van der Waals surface area contributed by atoms with Gasteiger partial charge in [-0.2, -0.15) is 0 Å². The van der Waals surface area contributed by atoms with Crippen LogP contribution in [-0.2, 0) is 75.8 Å². The number of carbonyl (C=O) groups is 8. The van der Waals surface area contributed by atoms with E-state index in [1.165, 1.54) is 84.9 Å². The van der Waals surface area contributed by atoms with E-state index >= 15 is 0 Å². The van der Waals surface area contributed by atoms with E-state index in [1.54, 1.807) is 141 Å². The molecule has 0 aliphatic carbocycles. The first kappa shape index (κ1) is 67.4. The normalized spacial score (nSPS) is 25.9. The number of fused-ring (bicyclic) bond motifs is 1. The largest absolute Gasteiger partial charge is 0.463 e. The Morgan fingerprint density at radius 2 is 0.698 bits per heavy atom. The maximum atomic E-state index is 14.5. The van der Waals surface area contributed by atoms with Crippen LogP contribution in [0.5, 0.6) is 0 Å². The zero-order chi connectivity index (χ0) is 67.3. The van der Waals surface area contributed by atoms with E-state index in [2.05, 4.69) is 0 Å². The topological polar surface area (TPSA) is 295 Å². The van der Waals surface area contributed by atoms with Gasteiger partial charge in [-0.3, -0.25) is 4.79 Å². The number of rotatable bonds is 23. The Hall–Kier alpha value is -10.0. The molecule has 0 saturated carbocycles. The minimum absolute atomic E-state index is 0.00986. The molecule has 0 aromatic heterocycles. The van der Waals surface area contributed by atoms with Crippen LogP contribution in [0, 0.1) is 0 Å². The second kappa shape index (κ2) is 31.0. The summed E-state index contributed by atoms with van der Waals surface area (Å²) in [6.45, 7) is 2.05. The lowest BCUT2D eigenvalue weighted by Gasteiger charge is -2.45. The molecule has 1 N–H and O–H groups in total. The van der Waals surface area contributed by atoms with E-state index in [9.17, 15) is 43.5 Å². The molecule has 24 nitrogen and oxygen atoms in total. The molecule has 7 aromatic carbocycles. The molecule has 0 radical (unpaired) electrons. The Morgan fingerprint density at radius 1 is 0.385 bits per heavy atom. The van der Waals surface area contributed by atoms with E-state index in [4.69, 9.17) is 71.1 Å². The molecule has 96 heavy (non-hydrogen) atoms. The standard InChI is InChI=1S/C72H66O24/c1-42(73)82-40-51-54(87-63(76)44-27-13-5-14-28-44)57(89-65(78)46-31-17-7-18-32-46)59(91-67(80)48-35-21-9-22-36-48)69(85-51)84-39-50(74)53-56(61-71(93-53)96-72(2,3)95-61)94-70-60(92-68(81)49-37-23-10-24-38-49)58(90-66(79)47-33-19-8-20-34-47)55(88-64(77)45-29-15-6-16-30-45)52(86-70)41-83-62(75)43-25-11-4-12-26-43/h4-38,50-61,69-71,74H,39-41H2,1-3H3/t50-,51-,52-,53-,54-,55-,56+,57+,58+,59-,60-,61-,69-,70+,71-/m1/s1. The molecule has 0 spiro atoms. The van der Waals surface area contributed by atoms with E-state index in [1.807, 2.05) is 0 Å². The number of hydrogen-bond acceptors (Lipinski definition) is 24. The van der Waals surface area contributed by atoms with Crippen molar-refractivity contribution in [2.45, 2.75) is 119 Å². The Bertz CT molecular complexity index is 3790. The summed E-state index contributed by atoms with van der Waals surface area (Å²) in [5.41, 5.74) is 0.308. The zero-order valence-corrected chi connectivity index (χ0v) is 51.8. The highest BCUT2D eigenvalue weighted by molar-refractivity contribution is 5.93. The molecule has 0 bridgehead atoms. The van der Waals surface area contributed by atoms with Gasteiger partial charge in [-0.1, -0.05) is 127 Å². The molecule has 24 heteroatoms. The first-order chi connectivity index (χ1) is 46.5. The molecular weight excluding hydrogens is 1250 g/mol. The van der Waals surface area contributed by atoms with Gasteiger partial charge in [0, 0.05) is 6.92 Å². The van der Waals surface area contributed by atoms with Crippen LogP contribution in [0.2, 0.25) is 0 Å². The quantitative estimate of drug-likeness (QED) is 0.0471. The molecule has 11 rings (SSSR count). The van der Waals surface area contributed by atoms with Crippen LogP contribution < -0.4 is 0 Å². The zero-order valence-electron chi connectivity index (χ0n) is 51.8. The van der Waals surface area contributed by atoms with Crippen molar-refractivity contribution in [3.63, 3.8) is 0 Å². The van der Waals surface area contributed by atoms with Crippen molar-refractivity contribution in [3.05, 3.63) is 251 Å². The molecular formula is C72H66O24. The molecule has 0 amide bonds. The van der Waals surface area contributed by atoms with Gasteiger partial charge in [-0.05, 0) is 98.8 Å². The molecule has 4 fully saturated rings. The molecule has 4 aliphatic heterocycles. The average Bonchev–Trinajstić information content (AvgIpc) is 1.48. The summed E-state index contributed by atoms with van der Waals surface area (Å²) < 4.78 is 94.2. The SMILES string of the molecule is CC(=O)OC[C@H]1O[C@@H](OC[C@@H](O)[C@H]2O[C@@H]3OC(C)(C)O[C@@H]3[C@H]2O[C@@H]2O[C@H](COC(=O)c3ccccc3)[C@@H](OC(=O)c3ccccc3)[C@H](OC(=O)c3ccccc3)[C@H]2OC(=O)c2ccccc2)[C@H](OC(=O)c2ccccc2)[C@@H](OC(=O)c2ccccc2)[C@@H]1OC(=O)c1ccccc1. The van der Waals surface area contributed by atoms with E-state index in [0.29, 0.717) is 0 Å². The monoisotopic (exact) mass is 1310 g/mol. The second-order valence-electron chi connectivity index (χ2n) is 22.8. The highest BCUT2D eigenvalue weighted by Gasteiger charge is 2.62. The fourth-order valence-electron chi connectivity index (χ4n) is 11.1. The summed E-state index contributed by atoms with van der Waals surface area (Å²) in [5, 5.41) is 12.7. The van der Waals surface area contributed by atoms with Gasteiger partial charge in [0.05, 0.1) is 45.6 Å². The van der Waals surface area contributed by atoms with Crippen LogP contribution >= 0.6 is 0 Å². The molecule has 4 aliphatic rings. The van der Waals surface area contributed by atoms with Gasteiger partial charge >= 0.3 is 47.8 Å². The van der Waals surface area contributed by atoms with Crippen molar-refractivity contribution in [3.8, 4) is 0 Å². The van der Waals surface area contributed by atoms with Gasteiger partial charge in [0.2, 0.25) is 0 Å². The Balaban J connectivity index is 0.964. The van der Waals surface area contributed by atoms with E-state index in [-0.39, 0.29) is 38.9 Å². The van der Waals surface area contributed by atoms with Gasteiger partial charge in [0.25, 0.3) is 0 Å². The molecule has 4 saturated heterocycles. The minimum atomic E-state index is -1.96. The predicted octanol–water partition coefficient (Wildman–Crippen LogP) is 7.85. The maximum Gasteiger partial charge on any atom is 0.338 e. The Morgan fingerprint density at radius 3 is 1.06 bits per heavy atom. The van der Waals surface area contributed by atoms with Gasteiger partial charge in [0.1, 0.15) is 49.8 Å². The van der Waals surface area contributed by atoms with E-state index < -0.39 is 165 Å². The third-order valence-electron chi connectivity index (χ3n) is 15.7. The molecule has 0 unspecified atom stereocenters. The van der Waals surface area contributed by atoms with Crippen LogP contribution in [0.1, 0.15) is 93.3 Å². The summed E-state index contributed by atoms with van der Waals surface area (Å²) in [7, 11) is 0. The minimum Gasteiger partial charge on any atom is -0.463 e. The third kappa shape index (κ3) is 16.5. The van der Waals surface area contributed by atoms with Crippen LogP contribution in [0.25, 0.3) is 0 Å². The summed E-state index contributed by atoms with van der Waals surface area (Å²) >= 11 is 0. The van der Waals surface area contributed by atoms with Gasteiger partial charge in [-0.15, -0.1) is 0 Å². The fourth-order valence-corrected chi connectivity index (χ4v) is 11.1. The highest BCUT2D eigenvalue weighted by Crippen LogP contribution is 2.43. The summed E-state index contributed by atoms with van der Waals surface area (Å²) in [6.07, 6.45) is -25.7. The van der Waals surface area contributed by atoms with Crippen molar-refractivity contribution in [1.82, 2.24) is 0 Å². The van der Waals surface area contributed by atoms with Crippen LogP contribution in [0.3, 0.4) is 0 Å². The molecule has 15 atom stereocenters. The summed E-state index contributed by atoms with van der Waals surface area (Å²) in [6, 6.07) is 54.3. The molecule has 4 heterocycles. The van der Waals surface area contributed by atoms with E-state index in [0.717, 1.165) is 6.92 Å². The van der Waals surface area contributed by atoms with Gasteiger partial charge in [-0.25, -0.2) is 33.6 Å². The van der Waals surface area contributed by atoms with Crippen molar-refractivity contribution >= 4 is 47.8 Å². The number of aliphatic hydroxyl groups excluding tert-OH is 1. The first-order valence-electron chi connectivity index (χ1n) is 30.7. The number of esters is 8. The van der Waals surface area contributed by atoms with Crippen molar-refractivity contribution in [2.24, 2.45) is 0 Å². The number of benzene rings is 7. The van der Waals surface area contributed by atoms with Crippen LogP contribution in [-0.4, -0.2) is 171 Å². The van der Waals surface area contributed by atoms with Gasteiger partial charge < -0.3 is 76.2 Å². The predicted molar refractivity (Wildman–Crippen MR) is 330 cm³/mol. The molecule has 7 aromatic rings. The third-order valence-corrected chi connectivity index (χ3v) is 15.7. The lowest BCUT2D eigenvalue weighted by molar-refractivity contribution is -0.326. The van der Waals surface area contributed by atoms with Crippen LogP contribution in [0.4, 0.5) is 0 Å². The Labute approximate surface area is 549 Å². The molecule has 498 valence electrons. The highest BCUT2D eigenvalue weighted by atomic mass is 16.9. The number of carbonyl (C=O) groups excluding carboxylic acids is 8. The lowest BCUT2D eigenvalue weighted by Crippen LogP contribution is -2.64. The number of hydrogen-bond donors (Lipinski definition) is 1. The first-order valence-corrected chi connectivity index (χ1v) is 30.7. The summed E-state index contributed by atoms with van der Waals surface area (Å²) in [5.74, 6) is -8.86. The second-order valence-corrected chi connectivity index (χ2v) is 22.8. The average molecular weight is 1320 g/mol. The van der Waals surface area contributed by atoms with Crippen LogP contribution in [0.15, 0.2) is 212 Å². The van der Waals surface area contributed by atoms with Crippen molar-refractivity contribution in [1.29, 1.82) is 0 Å². The van der Waals surface area contributed by atoms with Crippen molar-refractivity contribution < 1.29 is 115 Å². The Kier molecular flexibility index (Phi) is 21.8.